The normalized spacial score (nSPS) is 18.5. The fraction of sp³-hybridized carbons (Fsp3) is 0.467. The molecule has 1 aliphatic rings. The Morgan fingerprint density at radius 3 is 1.86 bits per heavy atom. The number of aromatic hydroxyl groups is 3. The molecule has 1 saturated heterocycles. The number of piperidine rings is 1. The van der Waals surface area contributed by atoms with E-state index in [1.807, 2.05) is 0 Å². The predicted molar refractivity (Wildman–Crippen MR) is 76.0 cm³/mol. The minimum absolute atomic E-state index is 0.114. The van der Waals surface area contributed by atoms with Crippen LogP contribution in [0.15, 0.2) is 0 Å². The second-order valence-electron chi connectivity index (χ2n) is 5.32. The van der Waals surface area contributed by atoms with Crippen LogP contribution >= 0.6 is 0 Å². The molecule has 0 unspecified atom stereocenters. The summed E-state index contributed by atoms with van der Waals surface area (Å²) in [7, 11) is 0. The Morgan fingerprint density at radius 2 is 1.48 bits per heavy atom. The van der Waals surface area contributed by atoms with Gasteiger partial charge in [-0.15, -0.1) is 0 Å². The molecule has 1 aliphatic heterocycles. The van der Waals surface area contributed by atoms with Crippen molar-refractivity contribution in [2.75, 3.05) is 6.54 Å². The number of rotatable bonds is 3. The number of benzene rings is 1. The molecule has 6 nitrogen and oxygen atoms in total. The molecule has 1 fully saturated rings. The van der Waals surface area contributed by atoms with Gasteiger partial charge in [0.25, 0.3) is 0 Å². The molecule has 0 radical (unpaired) electrons. The first-order valence-electron chi connectivity index (χ1n) is 6.92. The van der Waals surface area contributed by atoms with E-state index in [2.05, 4.69) is 5.32 Å². The summed E-state index contributed by atoms with van der Waals surface area (Å²) in [4.78, 5) is 23.3. The molecule has 0 aromatic heterocycles. The first-order chi connectivity index (χ1) is 9.86. The van der Waals surface area contributed by atoms with Gasteiger partial charge >= 0.3 is 0 Å². The number of hydrogen-bond acceptors (Lipinski definition) is 6. The van der Waals surface area contributed by atoms with E-state index in [0.29, 0.717) is 6.42 Å². The quantitative estimate of drug-likeness (QED) is 0.635. The molecule has 1 aromatic carbocycles. The van der Waals surface area contributed by atoms with Crippen LogP contribution < -0.4 is 5.32 Å². The number of nitrogens with one attached hydrogen (secondary N) is 1. The first kappa shape index (κ1) is 15.3. The fourth-order valence-electron chi connectivity index (χ4n) is 2.83. The molecule has 21 heavy (non-hydrogen) atoms. The summed E-state index contributed by atoms with van der Waals surface area (Å²) < 4.78 is 0. The third kappa shape index (κ3) is 2.58. The van der Waals surface area contributed by atoms with Crippen molar-refractivity contribution >= 4 is 11.6 Å². The Morgan fingerprint density at radius 1 is 0.952 bits per heavy atom. The minimum Gasteiger partial charge on any atom is -0.507 e. The van der Waals surface area contributed by atoms with Crippen molar-refractivity contribution in [2.24, 2.45) is 0 Å². The van der Waals surface area contributed by atoms with Crippen LogP contribution in [0, 0.1) is 0 Å². The molecule has 6 heteroatoms. The summed E-state index contributed by atoms with van der Waals surface area (Å²) in [6.45, 7) is 3.09. The summed E-state index contributed by atoms with van der Waals surface area (Å²) in [5.41, 5.74) is -0.524. The van der Waals surface area contributed by atoms with Gasteiger partial charge in [-0.1, -0.05) is 6.42 Å². The Labute approximate surface area is 122 Å². The van der Waals surface area contributed by atoms with Gasteiger partial charge in [-0.2, -0.15) is 0 Å². The molecule has 0 saturated carbocycles. The SMILES string of the molecule is CC(=O)c1c(O)c(C(C)=O)c(O)c([C@@H]2CCCCN2)c1O. The van der Waals surface area contributed by atoms with Gasteiger partial charge in [0, 0.05) is 6.04 Å². The van der Waals surface area contributed by atoms with Gasteiger partial charge in [0.15, 0.2) is 11.6 Å². The largest absolute Gasteiger partial charge is 0.507 e. The van der Waals surface area contributed by atoms with Crippen LogP contribution in [0.2, 0.25) is 0 Å². The van der Waals surface area contributed by atoms with Crippen molar-refractivity contribution in [2.45, 2.75) is 39.2 Å². The summed E-state index contributed by atoms with van der Waals surface area (Å²) in [5, 5.41) is 33.8. The van der Waals surface area contributed by atoms with E-state index < -0.39 is 28.8 Å². The Bertz CT molecular complexity index is 562. The monoisotopic (exact) mass is 293 g/mol. The van der Waals surface area contributed by atoms with Gasteiger partial charge in [-0.3, -0.25) is 9.59 Å². The molecule has 0 amide bonds. The lowest BCUT2D eigenvalue weighted by Gasteiger charge is -2.27. The van der Waals surface area contributed by atoms with Gasteiger partial charge in [0.2, 0.25) is 0 Å². The van der Waals surface area contributed by atoms with Crippen LogP contribution in [-0.2, 0) is 0 Å². The van der Waals surface area contributed by atoms with E-state index in [-0.39, 0.29) is 22.7 Å². The third-order valence-electron chi connectivity index (χ3n) is 3.82. The van der Waals surface area contributed by atoms with E-state index in [4.69, 9.17) is 0 Å². The second kappa shape index (κ2) is 5.73. The van der Waals surface area contributed by atoms with E-state index in [9.17, 15) is 24.9 Å². The fourth-order valence-corrected chi connectivity index (χ4v) is 2.83. The van der Waals surface area contributed by atoms with E-state index in [1.54, 1.807) is 0 Å². The van der Waals surface area contributed by atoms with Crippen LogP contribution in [-0.4, -0.2) is 33.4 Å². The van der Waals surface area contributed by atoms with Crippen LogP contribution in [0.5, 0.6) is 17.2 Å². The lowest BCUT2D eigenvalue weighted by molar-refractivity contribution is 0.101. The highest BCUT2D eigenvalue weighted by Gasteiger charge is 2.31. The van der Waals surface area contributed by atoms with E-state index >= 15 is 0 Å². The van der Waals surface area contributed by atoms with Crippen molar-refractivity contribution in [1.82, 2.24) is 5.32 Å². The van der Waals surface area contributed by atoms with Crippen molar-refractivity contribution in [3.05, 3.63) is 16.7 Å². The topological polar surface area (TPSA) is 107 Å². The maximum Gasteiger partial charge on any atom is 0.167 e. The molecule has 1 heterocycles. The van der Waals surface area contributed by atoms with Gasteiger partial charge in [-0.25, -0.2) is 0 Å². The van der Waals surface area contributed by atoms with Gasteiger partial charge in [-0.05, 0) is 33.2 Å². The van der Waals surface area contributed by atoms with Gasteiger partial charge in [0.05, 0.1) is 5.56 Å². The minimum atomic E-state index is -0.662. The van der Waals surface area contributed by atoms with Crippen molar-refractivity contribution in [1.29, 1.82) is 0 Å². The van der Waals surface area contributed by atoms with Gasteiger partial charge < -0.3 is 20.6 Å². The predicted octanol–water partition coefficient (Wildman–Crippen LogP) is 2.02. The van der Waals surface area contributed by atoms with Crippen LogP contribution in [0.25, 0.3) is 0 Å². The number of phenolic OH excluding ortho intramolecular Hbond substituents is 3. The Kier molecular flexibility index (Phi) is 4.18. The highest BCUT2D eigenvalue weighted by atomic mass is 16.3. The second-order valence-corrected chi connectivity index (χ2v) is 5.32. The molecule has 0 aliphatic carbocycles. The molecule has 1 atom stereocenters. The summed E-state index contributed by atoms with van der Waals surface area (Å²) in [5.74, 6) is -2.71. The molecular weight excluding hydrogens is 274 g/mol. The van der Waals surface area contributed by atoms with Crippen molar-refractivity contribution in [3.63, 3.8) is 0 Å². The maximum atomic E-state index is 11.7. The maximum absolute atomic E-state index is 11.7. The lowest BCUT2D eigenvalue weighted by Crippen LogP contribution is -2.27. The number of ketones is 2. The highest BCUT2D eigenvalue weighted by molar-refractivity contribution is 6.08. The lowest BCUT2D eigenvalue weighted by atomic mass is 9.89. The summed E-state index contributed by atoms with van der Waals surface area (Å²) in [6.07, 6.45) is 2.55. The molecular formula is C15H19NO5. The Hall–Kier alpha value is -2.08. The van der Waals surface area contributed by atoms with Crippen LogP contribution in [0.1, 0.15) is 65.4 Å². The Balaban J connectivity index is 2.73. The molecule has 2 rings (SSSR count). The van der Waals surface area contributed by atoms with E-state index in [1.165, 1.54) is 13.8 Å². The molecule has 114 valence electrons. The molecule has 4 N–H and O–H groups in total. The average molecular weight is 293 g/mol. The van der Waals surface area contributed by atoms with Gasteiger partial charge in [0.1, 0.15) is 28.4 Å². The van der Waals surface area contributed by atoms with Crippen LogP contribution in [0.3, 0.4) is 0 Å². The first-order valence-corrected chi connectivity index (χ1v) is 6.92. The summed E-state index contributed by atoms with van der Waals surface area (Å²) >= 11 is 0. The highest BCUT2D eigenvalue weighted by Crippen LogP contribution is 2.46. The molecule has 1 aromatic rings. The molecule has 0 bridgehead atoms. The van der Waals surface area contributed by atoms with Crippen molar-refractivity contribution in [3.8, 4) is 17.2 Å². The number of Topliss-reactive ketones (excluding diaryl/α,β-unsaturated/α-hetero) is 2. The number of carbonyl (C=O) groups is 2. The smallest absolute Gasteiger partial charge is 0.167 e. The average Bonchev–Trinajstić information content (AvgIpc) is 2.38. The number of hydrogen-bond donors (Lipinski definition) is 4. The van der Waals surface area contributed by atoms with Crippen LogP contribution in [0.4, 0.5) is 0 Å². The zero-order valence-corrected chi connectivity index (χ0v) is 12.1. The number of phenols is 3. The molecule has 0 spiro atoms. The zero-order valence-electron chi connectivity index (χ0n) is 12.1. The zero-order chi connectivity index (χ0) is 15.7. The standard InChI is InChI=1S/C15H19NO5/c1-7(17)10-13(19)11(8(2)18)15(21)12(14(10)20)9-5-3-4-6-16-9/h9,16,19-21H,3-6H2,1-2H3/t9-/m0/s1. The van der Waals surface area contributed by atoms with Crippen molar-refractivity contribution < 1.29 is 24.9 Å². The third-order valence-corrected chi connectivity index (χ3v) is 3.82. The summed E-state index contributed by atoms with van der Waals surface area (Å²) in [6, 6.07) is -0.351. The number of carbonyl (C=O) groups excluding carboxylic acids is 2. The van der Waals surface area contributed by atoms with E-state index in [0.717, 1.165) is 19.4 Å².